The number of ether oxygens (including phenoxy) is 1. The van der Waals surface area contributed by atoms with Crippen LogP contribution in [-0.4, -0.2) is 17.1 Å². The standard InChI is InChI=1S/C12H13ClN4O/c1-7-3-4-9(8(13)5-7)17-11-10(14)12(18-2)16-6-15-11/h3-6H,14H2,1-2H3,(H,15,16,17). The Bertz CT molecular complexity index is 574. The van der Waals surface area contributed by atoms with Gasteiger partial charge in [0.2, 0.25) is 5.88 Å². The Balaban J connectivity index is 2.34. The molecule has 0 bridgehead atoms. The molecule has 0 atom stereocenters. The number of nitrogens with two attached hydrogens (primary N) is 1. The maximum absolute atomic E-state index is 6.13. The molecule has 0 radical (unpaired) electrons. The summed E-state index contributed by atoms with van der Waals surface area (Å²) in [7, 11) is 1.50. The van der Waals surface area contributed by atoms with Crippen LogP contribution in [0.1, 0.15) is 5.56 Å². The number of methoxy groups -OCH3 is 1. The van der Waals surface area contributed by atoms with Crippen LogP contribution in [0.15, 0.2) is 24.5 Å². The third-order valence-electron chi connectivity index (χ3n) is 2.42. The van der Waals surface area contributed by atoms with Crippen molar-refractivity contribution in [2.75, 3.05) is 18.2 Å². The third kappa shape index (κ3) is 2.46. The van der Waals surface area contributed by atoms with Gasteiger partial charge in [0.25, 0.3) is 0 Å². The van der Waals surface area contributed by atoms with Gasteiger partial charge in [-0.1, -0.05) is 17.7 Å². The van der Waals surface area contributed by atoms with Crippen molar-refractivity contribution in [3.05, 3.63) is 35.1 Å². The number of nitrogens with zero attached hydrogens (tertiary/aromatic N) is 2. The first-order valence-electron chi connectivity index (χ1n) is 5.29. The van der Waals surface area contributed by atoms with Gasteiger partial charge < -0.3 is 15.8 Å². The summed E-state index contributed by atoms with van der Waals surface area (Å²) in [5.74, 6) is 0.795. The lowest BCUT2D eigenvalue weighted by atomic mass is 10.2. The van der Waals surface area contributed by atoms with Crippen molar-refractivity contribution in [1.29, 1.82) is 0 Å². The minimum atomic E-state index is 0.329. The van der Waals surface area contributed by atoms with E-state index in [-0.39, 0.29) is 0 Å². The Morgan fingerprint density at radius 3 is 2.78 bits per heavy atom. The number of hydrogen-bond donors (Lipinski definition) is 2. The van der Waals surface area contributed by atoms with Gasteiger partial charge in [0.05, 0.1) is 17.8 Å². The Hall–Kier alpha value is -2.01. The summed E-state index contributed by atoms with van der Waals surface area (Å²) < 4.78 is 5.02. The number of halogens is 1. The zero-order valence-corrected chi connectivity index (χ0v) is 10.8. The molecule has 0 aliphatic carbocycles. The van der Waals surface area contributed by atoms with Crippen molar-refractivity contribution in [3.8, 4) is 5.88 Å². The second-order valence-corrected chi connectivity index (χ2v) is 4.16. The summed E-state index contributed by atoms with van der Waals surface area (Å²) in [5, 5.41) is 3.66. The average Bonchev–Trinajstić information content (AvgIpc) is 2.35. The van der Waals surface area contributed by atoms with E-state index in [1.54, 1.807) is 0 Å². The van der Waals surface area contributed by atoms with Crippen molar-refractivity contribution >= 4 is 28.8 Å². The first-order chi connectivity index (χ1) is 8.61. The molecule has 18 heavy (non-hydrogen) atoms. The highest BCUT2D eigenvalue weighted by Crippen LogP contribution is 2.30. The second kappa shape index (κ2) is 5.10. The normalized spacial score (nSPS) is 10.2. The van der Waals surface area contributed by atoms with Crippen molar-refractivity contribution in [3.63, 3.8) is 0 Å². The average molecular weight is 265 g/mol. The van der Waals surface area contributed by atoms with Gasteiger partial charge in [-0.3, -0.25) is 0 Å². The Morgan fingerprint density at radius 1 is 1.33 bits per heavy atom. The van der Waals surface area contributed by atoms with Crippen LogP contribution in [0.4, 0.5) is 17.2 Å². The number of aromatic nitrogens is 2. The van der Waals surface area contributed by atoms with Gasteiger partial charge in [-0.05, 0) is 24.6 Å². The zero-order valence-electron chi connectivity index (χ0n) is 10.1. The van der Waals surface area contributed by atoms with Crippen LogP contribution >= 0.6 is 11.6 Å². The van der Waals surface area contributed by atoms with E-state index in [4.69, 9.17) is 22.1 Å². The van der Waals surface area contributed by atoms with Crippen LogP contribution < -0.4 is 15.8 Å². The number of nitrogens with one attached hydrogen (secondary N) is 1. The van der Waals surface area contributed by atoms with E-state index in [1.807, 2.05) is 25.1 Å². The van der Waals surface area contributed by atoms with Crippen molar-refractivity contribution in [2.45, 2.75) is 6.92 Å². The number of anilines is 3. The van der Waals surface area contributed by atoms with Crippen LogP contribution in [0.3, 0.4) is 0 Å². The van der Waals surface area contributed by atoms with Gasteiger partial charge in [-0.2, -0.15) is 4.98 Å². The van der Waals surface area contributed by atoms with Crippen LogP contribution in [0.2, 0.25) is 5.02 Å². The summed E-state index contributed by atoms with van der Waals surface area (Å²) in [6.45, 7) is 1.97. The molecule has 0 amide bonds. The number of aryl methyl sites for hydroxylation is 1. The highest BCUT2D eigenvalue weighted by molar-refractivity contribution is 6.33. The molecule has 0 saturated heterocycles. The minimum Gasteiger partial charge on any atom is -0.479 e. The number of benzene rings is 1. The maximum atomic E-state index is 6.13. The molecule has 94 valence electrons. The quantitative estimate of drug-likeness (QED) is 0.892. The molecule has 2 rings (SSSR count). The summed E-state index contributed by atoms with van der Waals surface area (Å²) in [4.78, 5) is 7.96. The maximum Gasteiger partial charge on any atom is 0.242 e. The van der Waals surface area contributed by atoms with Gasteiger partial charge in [0.15, 0.2) is 5.82 Å². The van der Waals surface area contributed by atoms with E-state index in [9.17, 15) is 0 Å². The van der Waals surface area contributed by atoms with Gasteiger partial charge in [0.1, 0.15) is 12.0 Å². The van der Waals surface area contributed by atoms with Gasteiger partial charge in [-0.15, -0.1) is 0 Å². The molecule has 2 aromatic rings. The molecule has 0 unspecified atom stereocenters. The second-order valence-electron chi connectivity index (χ2n) is 3.75. The molecule has 5 nitrogen and oxygen atoms in total. The van der Waals surface area contributed by atoms with Crippen LogP contribution in [0.25, 0.3) is 0 Å². The molecule has 1 heterocycles. The minimum absolute atomic E-state index is 0.329. The summed E-state index contributed by atoms with van der Waals surface area (Å²) in [6, 6.07) is 5.67. The largest absolute Gasteiger partial charge is 0.479 e. The van der Waals surface area contributed by atoms with Crippen LogP contribution in [0, 0.1) is 6.92 Å². The smallest absolute Gasteiger partial charge is 0.242 e. The first-order valence-corrected chi connectivity index (χ1v) is 5.67. The fraction of sp³-hybridized carbons (Fsp3) is 0.167. The molecule has 0 saturated carbocycles. The monoisotopic (exact) mass is 264 g/mol. The van der Waals surface area contributed by atoms with Crippen LogP contribution in [0.5, 0.6) is 5.88 Å². The first kappa shape index (κ1) is 12.4. The molecular formula is C12H13ClN4O. The molecule has 0 aliphatic heterocycles. The highest BCUT2D eigenvalue weighted by Gasteiger charge is 2.09. The molecule has 0 fully saturated rings. The zero-order chi connectivity index (χ0) is 13.1. The predicted molar refractivity (Wildman–Crippen MR) is 72.5 cm³/mol. The summed E-state index contributed by atoms with van der Waals surface area (Å²) in [6.07, 6.45) is 1.37. The number of hydrogen-bond acceptors (Lipinski definition) is 5. The van der Waals surface area contributed by atoms with Gasteiger partial charge >= 0.3 is 0 Å². The summed E-state index contributed by atoms with van der Waals surface area (Å²) >= 11 is 6.13. The molecule has 1 aromatic carbocycles. The Morgan fingerprint density at radius 2 is 2.11 bits per heavy atom. The van der Waals surface area contributed by atoms with E-state index in [1.165, 1.54) is 13.4 Å². The fourth-order valence-electron chi connectivity index (χ4n) is 1.49. The van der Waals surface area contributed by atoms with Gasteiger partial charge in [-0.25, -0.2) is 4.98 Å². The van der Waals surface area contributed by atoms with Gasteiger partial charge in [0, 0.05) is 0 Å². The Kier molecular flexibility index (Phi) is 3.53. The lowest BCUT2D eigenvalue weighted by Crippen LogP contribution is -2.03. The van der Waals surface area contributed by atoms with Crippen molar-refractivity contribution in [1.82, 2.24) is 9.97 Å². The topological polar surface area (TPSA) is 73.1 Å². The third-order valence-corrected chi connectivity index (χ3v) is 2.73. The molecular weight excluding hydrogens is 252 g/mol. The van der Waals surface area contributed by atoms with E-state index in [0.29, 0.717) is 22.4 Å². The van der Waals surface area contributed by atoms with E-state index < -0.39 is 0 Å². The van der Waals surface area contributed by atoms with E-state index >= 15 is 0 Å². The lowest BCUT2D eigenvalue weighted by Gasteiger charge is -2.11. The highest BCUT2D eigenvalue weighted by atomic mass is 35.5. The number of nitrogen functional groups attached to an aromatic ring is 1. The van der Waals surface area contributed by atoms with Crippen molar-refractivity contribution < 1.29 is 4.74 Å². The summed E-state index contributed by atoms with van der Waals surface area (Å²) in [5.41, 5.74) is 8.02. The van der Waals surface area contributed by atoms with Crippen molar-refractivity contribution in [2.24, 2.45) is 0 Å². The molecule has 6 heteroatoms. The lowest BCUT2D eigenvalue weighted by molar-refractivity contribution is 0.399. The molecule has 3 N–H and O–H groups in total. The SMILES string of the molecule is COc1ncnc(Nc2ccc(C)cc2Cl)c1N. The number of rotatable bonds is 3. The molecule has 0 spiro atoms. The molecule has 1 aromatic heterocycles. The van der Waals surface area contributed by atoms with E-state index in [2.05, 4.69) is 15.3 Å². The van der Waals surface area contributed by atoms with E-state index in [0.717, 1.165) is 11.3 Å². The Labute approximate surface area is 110 Å². The fourth-order valence-corrected chi connectivity index (χ4v) is 1.77. The molecule has 0 aliphatic rings. The van der Waals surface area contributed by atoms with Crippen LogP contribution in [-0.2, 0) is 0 Å². The predicted octanol–water partition coefficient (Wildman–Crippen LogP) is 2.77.